The van der Waals surface area contributed by atoms with E-state index in [-0.39, 0.29) is 5.41 Å². The molecule has 1 atom stereocenters. The zero-order chi connectivity index (χ0) is 15.9. The number of aromatic nitrogens is 2. The molecule has 0 aliphatic heterocycles. The maximum Gasteiger partial charge on any atom is 0.116 e. The molecule has 3 rings (SSSR count). The van der Waals surface area contributed by atoms with Gasteiger partial charge in [0.15, 0.2) is 0 Å². The molecule has 2 aromatic heterocycles. The zero-order valence-corrected chi connectivity index (χ0v) is 14.3. The van der Waals surface area contributed by atoms with E-state index in [2.05, 4.69) is 48.9 Å². The van der Waals surface area contributed by atoms with Gasteiger partial charge in [-0.2, -0.15) is 0 Å². The van der Waals surface area contributed by atoms with Crippen LogP contribution in [0, 0.1) is 5.41 Å². The summed E-state index contributed by atoms with van der Waals surface area (Å²) >= 11 is 1.65. The maximum absolute atomic E-state index is 9.82. The summed E-state index contributed by atoms with van der Waals surface area (Å²) in [5, 5.41) is 13.1. The number of phenolic OH excluding ortho intramolecular Hbond substituents is 1. The minimum absolute atomic E-state index is 0.132. The molecular formula is C18H22N2OS. The minimum atomic E-state index is 0.132. The number of thiazole rings is 1. The highest BCUT2D eigenvalue weighted by Crippen LogP contribution is 2.39. The Bertz CT molecular complexity index is 781. The molecule has 0 unspecified atom stereocenters. The molecule has 4 heteroatoms. The van der Waals surface area contributed by atoms with Gasteiger partial charge in [-0.25, -0.2) is 4.98 Å². The van der Waals surface area contributed by atoms with Crippen LogP contribution in [0.15, 0.2) is 35.3 Å². The Balaban J connectivity index is 2.05. The summed E-state index contributed by atoms with van der Waals surface area (Å²) in [6, 6.07) is 5.59. The highest BCUT2D eigenvalue weighted by molar-refractivity contribution is 7.07. The third-order valence-electron chi connectivity index (χ3n) is 4.33. The van der Waals surface area contributed by atoms with Crippen LogP contribution in [0.2, 0.25) is 0 Å². The summed E-state index contributed by atoms with van der Waals surface area (Å²) < 4.78 is 2.13. The lowest BCUT2D eigenvalue weighted by Crippen LogP contribution is -2.21. The number of hydrogen-bond acceptors (Lipinski definition) is 3. The number of phenols is 1. The van der Waals surface area contributed by atoms with Crippen molar-refractivity contribution in [1.82, 2.24) is 9.55 Å². The Morgan fingerprint density at radius 2 is 2.09 bits per heavy atom. The van der Waals surface area contributed by atoms with Crippen LogP contribution in [-0.4, -0.2) is 14.7 Å². The average molecular weight is 314 g/mol. The van der Waals surface area contributed by atoms with E-state index >= 15 is 0 Å². The first kappa shape index (κ1) is 15.1. The van der Waals surface area contributed by atoms with Gasteiger partial charge in [0.05, 0.1) is 11.2 Å². The fourth-order valence-corrected chi connectivity index (χ4v) is 3.70. The van der Waals surface area contributed by atoms with Gasteiger partial charge in [-0.3, -0.25) is 0 Å². The van der Waals surface area contributed by atoms with E-state index in [1.165, 1.54) is 5.56 Å². The van der Waals surface area contributed by atoms with Gasteiger partial charge < -0.3 is 9.67 Å². The van der Waals surface area contributed by atoms with E-state index < -0.39 is 0 Å². The van der Waals surface area contributed by atoms with Crippen molar-refractivity contribution >= 4 is 22.2 Å². The average Bonchev–Trinajstić information content (AvgIpc) is 3.03. The first-order valence-electron chi connectivity index (χ1n) is 7.51. The van der Waals surface area contributed by atoms with Crippen LogP contribution in [0.25, 0.3) is 10.9 Å². The molecule has 116 valence electrons. The molecule has 3 aromatic rings. The summed E-state index contributed by atoms with van der Waals surface area (Å²) in [7, 11) is 2.05. The molecule has 0 amide bonds. The van der Waals surface area contributed by atoms with Crippen LogP contribution in [0.1, 0.15) is 37.9 Å². The summed E-state index contributed by atoms with van der Waals surface area (Å²) in [4.78, 5) is 4.55. The predicted molar refractivity (Wildman–Crippen MR) is 92.6 cm³/mol. The Morgan fingerprint density at radius 1 is 1.32 bits per heavy atom. The molecule has 1 aromatic carbocycles. The number of hydrogen-bond donors (Lipinski definition) is 1. The van der Waals surface area contributed by atoms with E-state index in [1.54, 1.807) is 17.4 Å². The fraction of sp³-hybridized carbons (Fsp3) is 0.389. The van der Waals surface area contributed by atoms with E-state index in [0.29, 0.717) is 11.7 Å². The van der Waals surface area contributed by atoms with E-state index in [9.17, 15) is 5.11 Å². The van der Waals surface area contributed by atoms with Crippen molar-refractivity contribution in [3.63, 3.8) is 0 Å². The number of fused-ring (bicyclic) bond motifs is 1. The van der Waals surface area contributed by atoms with Crippen LogP contribution >= 0.6 is 11.3 Å². The number of nitrogens with zero attached hydrogens (tertiary/aromatic N) is 2. The van der Waals surface area contributed by atoms with Crippen molar-refractivity contribution in [2.24, 2.45) is 12.5 Å². The van der Waals surface area contributed by atoms with Crippen molar-refractivity contribution in [3.05, 3.63) is 46.5 Å². The molecule has 0 bridgehead atoms. The summed E-state index contributed by atoms with van der Waals surface area (Å²) in [6.07, 6.45) is 3.10. The molecule has 1 N–H and O–H groups in total. The van der Waals surface area contributed by atoms with E-state index in [4.69, 9.17) is 0 Å². The summed E-state index contributed by atoms with van der Waals surface area (Å²) in [6.45, 7) is 6.79. The second-order valence-electron chi connectivity index (χ2n) is 7.00. The fourth-order valence-electron chi connectivity index (χ4n) is 3.09. The lowest BCUT2D eigenvalue weighted by atomic mass is 9.75. The SMILES string of the molecule is Cn1cc(C[C@@H](c2cscn2)C(C)(C)C)c2cc(O)ccc21. The van der Waals surface area contributed by atoms with Crippen LogP contribution < -0.4 is 0 Å². The third-order valence-corrected chi connectivity index (χ3v) is 4.94. The monoisotopic (exact) mass is 314 g/mol. The van der Waals surface area contributed by atoms with Crippen LogP contribution in [0.5, 0.6) is 5.75 Å². The molecule has 2 heterocycles. The molecular weight excluding hydrogens is 292 g/mol. The summed E-state index contributed by atoms with van der Waals surface area (Å²) in [5.41, 5.74) is 5.62. The Morgan fingerprint density at radius 3 is 2.73 bits per heavy atom. The standard InChI is InChI=1S/C18H22N2OS/c1-18(2,3)15(16-10-22-11-19-16)7-12-9-20(4)17-6-5-13(21)8-14(12)17/h5-6,8-11,15,21H,7H2,1-4H3/t15-/m0/s1. The topological polar surface area (TPSA) is 38.0 Å². The second kappa shape index (κ2) is 5.43. The molecule has 0 spiro atoms. The third kappa shape index (κ3) is 2.75. The molecule has 22 heavy (non-hydrogen) atoms. The van der Waals surface area contributed by atoms with Gasteiger partial charge in [-0.05, 0) is 35.6 Å². The Labute approximate surface area is 135 Å². The van der Waals surface area contributed by atoms with Crippen molar-refractivity contribution in [1.29, 1.82) is 0 Å². The molecule has 0 aliphatic carbocycles. The number of rotatable bonds is 3. The van der Waals surface area contributed by atoms with Gasteiger partial charge in [-0.15, -0.1) is 11.3 Å². The molecule has 0 radical (unpaired) electrons. The predicted octanol–water partition coefficient (Wildman–Crippen LogP) is 4.71. The summed E-state index contributed by atoms with van der Waals surface area (Å²) in [5.74, 6) is 0.674. The largest absolute Gasteiger partial charge is 0.508 e. The van der Waals surface area contributed by atoms with Gasteiger partial charge in [0.1, 0.15) is 5.75 Å². The van der Waals surface area contributed by atoms with E-state index in [0.717, 1.165) is 23.0 Å². The first-order chi connectivity index (χ1) is 10.4. The van der Waals surface area contributed by atoms with Crippen LogP contribution in [0.3, 0.4) is 0 Å². The maximum atomic E-state index is 9.82. The van der Waals surface area contributed by atoms with Crippen molar-refractivity contribution in [2.45, 2.75) is 33.1 Å². The molecule has 0 aliphatic rings. The quantitative estimate of drug-likeness (QED) is 0.760. The minimum Gasteiger partial charge on any atom is -0.508 e. The van der Waals surface area contributed by atoms with Crippen LogP contribution in [-0.2, 0) is 13.5 Å². The van der Waals surface area contributed by atoms with Gasteiger partial charge in [-0.1, -0.05) is 20.8 Å². The smallest absolute Gasteiger partial charge is 0.116 e. The lowest BCUT2D eigenvalue weighted by Gasteiger charge is -2.29. The number of benzene rings is 1. The molecule has 0 saturated heterocycles. The van der Waals surface area contributed by atoms with Gasteiger partial charge in [0, 0.05) is 35.4 Å². The Hall–Kier alpha value is -1.81. The molecule has 3 nitrogen and oxygen atoms in total. The van der Waals surface area contributed by atoms with Gasteiger partial charge >= 0.3 is 0 Å². The van der Waals surface area contributed by atoms with E-state index in [1.807, 2.05) is 17.6 Å². The Kier molecular flexibility index (Phi) is 3.73. The van der Waals surface area contributed by atoms with Crippen LogP contribution in [0.4, 0.5) is 0 Å². The highest BCUT2D eigenvalue weighted by atomic mass is 32.1. The lowest BCUT2D eigenvalue weighted by molar-refractivity contribution is 0.313. The van der Waals surface area contributed by atoms with Crippen molar-refractivity contribution in [2.75, 3.05) is 0 Å². The van der Waals surface area contributed by atoms with Gasteiger partial charge in [0.25, 0.3) is 0 Å². The normalized spacial score (nSPS) is 13.6. The zero-order valence-electron chi connectivity index (χ0n) is 13.5. The van der Waals surface area contributed by atoms with Crippen molar-refractivity contribution in [3.8, 4) is 5.75 Å². The van der Waals surface area contributed by atoms with Crippen molar-refractivity contribution < 1.29 is 5.11 Å². The molecule has 0 saturated carbocycles. The van der Waals surface area contributed by atoms with Gasteiger partial charge in [0.2, 0.25) is 0 Å². The first-order valence-corrected chi connectivity index (χ1v) is 8.45. The molecule has 0 fully saturated rings. The number of aromatic hydroxyl groups is 1. The second-order valence-corrected chi connectivity index (χ2v) is 7.72. The number of aryl methyl sites for hydroxylation is 1. The highest BCUT2D eigenvalue weighted by Gasteiger charge is 2.29.